The fraction of sp³-hybridized carbons (Fsp3) is 0. The first-order valence-electron chi connectivity index (χ1n) is 11.9. The Morgan fingerprint density at radius 3 is 1.44 bits per heavy atom. The molecule has 0 aliphatic carbocycles. The van der Waals surface area contributed by atoms with Crippen LogP contribution >= 0.6 is 23.2 Å². The monoisotopic (exact) mass is 592 g/mol. The van der Waals surface area contributed by atoms with Gasteiger partial charge < -0.3 is 8.83 Å². The van der Waals surface area contributed by atoms with Crippen LogP contribution in [-0.4, -0.2) is 15.0 Å². The van der Waals surface area contributed by atoms with Gasteiger partial charge >= 0.3 is 0 Å². The molecule has 3 heterocycles. The van der Waals surface area contributed by atoms with Gasteiger partial charge in [-0.2, -0.15) is 0 Å². The quantitative estimate of drug-likeness (QED) is 0.204. The maximum absolute atomic E-state index is 6.54. The molecule has 39 heavy (non-hydrogen) atoms. The Hall–Kier alpha value is -3.94. The Morgan fingerprint density at radius 1 is 0.513 bits per heavy atom. The Morgan fingerprint density at radius 2 is 0.949 bits per heavy atom. The molecule has 0 unspecified atom stereocenters. The van der Waals surface area contributed by atoms with Crippen molar-refractivity contribution in [3.63, 3.8) is 0 Å². The normalized spacial score (nSPS) is 11.1. The molecule has 0 bridgehead atoms. The van der Waals surface area contributed by atoms with Crippen LogP contribution in [0.5, 0.6) is 0 Å². The van der Waals surface area contributed by atoms with Crippen LogP contribution in [0, 0.1) is 0 Å². The molecular formula is C31H17Cl2CoN3O2. The van der Waals surface area contributed by atoms with E-state index in [1.807, 2.05) is 48.5 Å². The van der Waals surface area contributed by atoms with Crippen LogP contribution in [0.3, 0.4) is 0 Å². The number of hydrogen-bond donors (Lipinski definition) is 0. The van der Waals surface area contributed by atoms with Crippen molar-refractivity contribution in [2.45, 2.75) is 0 Å². The van der Waals surface area contributed by atoms with Crippen molar-refractivity contribution in [2.24, 2.45) is 0 Å². The van der Waals surface area contributed by atoms with Crippen LogP contribution < -0.4 is 0 Å². The Kier molecular flexibility index (Phi) is 6.70. The number of nitrogens with zero attached hydrogens (tertiary/aromatic N) is 3. The third kappa shape index (κ3) is 4.51. The van der Waals surface area contributed by atoms with E-state index in [1.165, 1.54) is 0 Å². The molecule has 0 fully saturated rings. The van der Waals surface area contributed by atoms with Crippen LogP contribution in [0.15, 0.2) is 112 Å². The zero-order valence-electron chi connectivity index (χ0n) is 20.1. The first kappa shape index (κ1) is 25.3. The first-order valence-corrected chi connectivity index (χ1v) is 12.7. The summed E-state index contributed by atoms with van der Waals surface area (Å²) in [5, 5.41) is 5.01. The van der Waals surface area contributed by atoms with Gasteiger partial charge in [-0.3, -0.25) is 0 Å². The van der Waals surface area contributed by atoms with Crippen molar-refractivity contribution in [2.75, 3.05) is 0 Å². The average molecular weight is 593 g/mol. The second kappa shape index (κ2) is 10.3. The molecule has 1 radical (unpaired) electrons. The minimum Gasteiger partial charge on any atom is -0.443 e. The minimum atomic E-state index is 0. The zero-order chi connectivity index (χ0) is 25.6. The third-order valence-electron chi connectivity index (χ3n) is 6.47. The second-order valence-corrected chi connectivity index (χ2v) is 9.59. The summed E-state index contributed by atoms with van der Waals surface area (Å²) in [6.45, 7) is 0. The number of aromatic nitrogens is 3. The van der Waals surface area contributed by atoms with Gasteiger partial charge in [-0.1, -0.05) is 108 Å². The van der Waals surface area contributed by atoms with Gasteiger partial charge in [0.15, 0.2) is 0 Å². The van der Waals surface area contributed by atoms with E-state index < -0.39 is 0 Å². The molecule has 0 saturated heterocycles. The van der Waals surface area contributed by atoms with Gasteiger partial charge in [0, 0.05) is 27.9 Å². The molecule has 0 aliphatic rings. The number of rotatable bonds is 4. The zero-order valence-corrected chi connectivity index (χ0v) is 22.6. The number of pyridine rings is 1. The largest absolute Gasteiger partial charge is 0.443 e. The third-order valence-corrected chi connectivity index (χ3v) is 7.05. The van der Waals surface area contributed by atoms with E-state index >= 15 is 0 Å². The molecule has 7 aromatic rings. The summed E-state index contributed by atoms with van der Waals surface area (Å²) in [6, 6.07) is 30.0. The average Bonchev–Trinajstić information content (AvgIpc) is 3.63. The molecular weight excluding hydrogens is 576 g/mol. The molecule has 0 N–H and O–H groups in total. The van der Waals surface area contributed by atoms with E-state index in [9.17, 15) is 0 Å². The summed E-state index contributed by atoms with van der Waals surface area (Å²) in [6.07, 6.45) is 3.21. The van der Waals surface area contributed by atoms with Crippen molar-refractivity contribution in [1.29, 1.82) is 0 Å². The Bertz CT molecular complexity index is 1830. The fourth-order valence-corrected chi connectivity index (χ4v) is 5.20. The number of oxazole rings is 2. The molecule has 0 aliphatic heterocycles. The van der Waals surface area contributed by atoms with Crippen molar-refractivity contribution in [3.8, 4) is 45.7 Å². The smallest absolute Gasteiger partial charge is 0.247 e. The molecule has 0 atom stereocenters. The molecule has 4 aromatic carbocycles. The SMILES string of the molecule is Clc1cc(Cl)c(-c2nc(-c3cccc4ccccc34)co2)nc1-c1nc(-c2cccc3ccccc23)co1.[Co]. The second-order valence-electron chi connectivity index (χ2n) is 8.78. The van der Waals surface area contributed by atoms with Crippen molar-refractivity contribution in [3.05, 3.63) is 114 Å². The number of halogens is 2. The van der Waals surface area contributed by atoms with E-state index in [0.717, 1.165) is 32.7 Å². The number of fused-ring (bicyclic) bond motifs is 2. The molecule has 8 heteroatoms. The van der Waals surface area contributed by atoms with Gasteiger partial charge in [-0.15, -0.1) is 0 Å². The van der Waals surface area contributed by atoms with Crippen LogP contribution in [0.2, 0.25) is 10.0 Å². The van der Waals surface area contributed by atoms with E-state index in [0.29, 0.717) is 32.8 Å². The van der Waals surface area contributed by atoms with E-state index in [2.05, 4.69) is 41.4 Å². The summed E-state index contributed by atoms with van der Waals surface area (Å²) >= 11 is 13.1. The minimum absolute atomic E-state index is 0. The Balaban J connectivity index is 0.00000277. The van der Waals surface area contributed by atoms with E-state index in [4.69, 9.17) is 42.0 Å². The summed E-state index contributed by atoms with van der Waals surface area (Å²) in [5.41, 5.74) is 3.97. The summed E-state index contributed by atoms with van der Waals surface area (Å²) in [4.78, 5) is 14.1. The molecule has 0 amide bonds. The van der Waals surface area contributed by atoms with E-state index in [-0.39, 0.29) is 28.6 Å². The Labute approximate surface area is 243 Å². The number of hydrogen-bond acceptors (Lipinski definition) is 5. The van der Waals surface area contributed by atoms with Crippen molar-refractivity contribution < 1.29 is 25.6 Å². The van der Waals surface area contributed by atoms with Crippen molar-refractivity contribution in [1.82, 2.24) is 15.0 Å². The topological polar surface area (TPSA) is 65.0 Å². The summed E-state index contributed by atoms with van der Waals surface area (Å²) in [5.74, 6) is 0.549. The van der Waals surface area contributed by atoms with Gasteiger partial charge in [0.25, 0.3) is 0 Å². The van der Waals surface area contributed by atoms with Crippen LogP contribution in [-0.2, 0) is 16.8 Å². The standard InChI is InChI=1S/C31H17Cl2N3O2.Co/c32-24-15-25(33)29(31-35-27(17-38-31)23-14-6-10-19-8-2-4-12-21(19)23)36-28(24)30-34-26(16-37-30)22-13-5-9-18-7-1-3-11-20(18)22;/h1-17H;. The van der Waals surface area contributed by atoms with Crippen LogP contribution in [0.1, 0.15) is 0 Å². The predicted octanol–water partition coefficient (Wildman–Crippen LogP) is 9.34. The molecule has 0 spiro atoms. The molecule has 3 aromatic heterocycles. The fourth-order valence-electron chi connectivity index (χ4n) is 4.68. The summed E-state index contributed by atoms with van der Waals surface area (Å²) in [7, 11) is 0. The van der Waals surface area contributed by atoms with Gasteiger partial charge in [-0.05, 0) is 27.6 Å². The molecule has 191 valence electrons. The molecule has 5 nitrogen and oxygen atoms in total. The predicted molar refractivity (Wildman–Crippen MR) is 151 cm³/mol. The number of benzene rings is 4. The van der Waals surface area contributed by atoms with Gasteiger partial charge in [-0.25, -0.2) is 15.0 Å². The summed E-state index contributed by atoms with van der Waals surface area (Å²) < 4.78 is 11.7. The van der Waals surface area contributed by atoms with Gasteiger partial charge in [0.1, 0.15) is 35.3 Å². The van der Waals surface area contributed by atoms with Crippen LogP contribution in [0.4, 0.5) is 0 Å². The molecule has 0 saturated carbocycles. The van der Waals surface area contributed by atoms with Gasteiger partial charge in [0.2, 0.25) is 11.8 Å². The first-order chi connectivity index (χ1) is 18.7. The maximum Gasteiger partial charge on any atom is 0.247 e. The van der Waals surface area contributed by atoms with Gasteiger partial charge in [0.05, 0.1) is 10.0 Å². The van der Waals surface area contributed by atoms with Crippen molar-refractivity contribution >= 4 is 44.7 Å². The van der Waals surface area contributed by atoms with Crippen LogP contribution in [0.25, 0.3) is 67.2 Å². The maximum atomic E-state index is 6.54. The van der Waals surface area contributed by atoms with E-state index in [1.54, 1.807) is 18.6 Å². The molecule has 7 rings (SSSR count).